The average molecular weight is 454 g/mol. The van der Waals surface area contributed by atoms with Crippen molar-refractivity contribution < 1.29 is 4.79 Å². The molecule has 1 aliphatic rings. The maximum Gasteiger partial charge on any atom is 0.295 e. The zero-order valence-electron chi connectivity index (χ0n) is 20.0. The summed E-state index contributed by atoms with van der Waals surface area (Å²) in [4.78, 5) is 28.1. The van der Waals surface area contributed by atoms with Gasteiger partial charge in [0.1, 0.15) is 17.3 Å². The molecular formula is C27H27N5O2. The zero-order chi connectivity index (χ0) is 24.6. The van der Waals surface area contributed by atoms with E-state index < -0.39 is 5.91 Å². The van der Waals surface area contributed by atoms with E-state index in [2.05, 4.69) is 36.2 Å². The van der Waals surface area contributed by atoms with Crippen LogP contribution in [-0.4, -0.2) is 22.3 Å². The summed E-state index contributed by atoms with van der Waals surface area (Å²) in [7, 11) is 3.72. The van der Waals surface area contributed by atoms with Crippen LogP contribution >= 0.6 is 0 Å². The van der Waals surface area contributed by atoms with Gasteiger partial charge in [-0.25, -0.2) is 4.68 Å². The lowest BCUT2D eigenvalue weighted by molar-refractivity contribution is -0.112. The van der Waals surface area contributed by atoms with E-state index in [4.69, 9.17) is 0 Å². The summed E-state index contributed by atoms with van der Waals surface area (Å²) in [5, 5.41) is 12.3. The fourth-order valence-corrected chi connectivity index (χ4v) is 4.52. The molecule has 0 saturated heterocycles. The number of nitriles is 1. The number of anilines is 2. The summed E-state index contributed by atoms with van der Waals surface area (Å²) < 4.78 is 3.16. The van der Waals surface area contributed by atoms with Crippen LogP contribution in [0.25, 0.3) is 5.69 Å². The number of hydrogen-bond acceptors (Lipinski definition) is 4. The Balaban J connectivity index is 1.66. The third-order valence-electron chi connectivity index (χ3n) is 6.51. The fraction of sp³-hybridized carbons (Fsp3) is 0.222. The molecule has 1 aliphatic heterocycles. The molecule has 0 fully saturated rings. The molecule has 0 aliphatic carbocycles. The van der Waals surface area contributed by atoms with Gasteiger partial charge < -0.3 is 10.2 Å². The molecule has 1 aromatic heterocycles. The van der Waals surface area contributed by atoms with Crippen molar-refractivity contribution in [2.24, 2.45) is 7.05 Å². The highest BCUT2D eigenvalue weighted by molar-refractivity contribution is 6.07. The summed E-state index contributed by atoms with van der Waals surface area (Å²) in [6.07, 6.45) is 3.32. The van der Waals surface area contributed by atoms with Crippen molar-refractivity contribution >= 4 is 17.3 Å². The number of nitrogens with zero attached hydrogens (tertiary/aromatic N) is 4. The lowest BCUT2D eigenvalue weighted by Crippen LogP contribution is -2.24. The monoisotopic (exact) mass is 453 g/mol. The van der Waals surface area contributed by atoms with E-state index in [1.165, 1.54) is 16.3 Å². The molecule has 0 atom stereocenters. The second-order valence-electron chi connectivity index (χ2n) is 8.84. The number of aromatic nitrogens is 2. The Morgan fingerprint density at radius 1 is 1.06 bits per heavy atom. The molecule has 4 rings (SSSR count). The quantitative estimate of drug-likeness (QED) is 0.474. The summed E-state index contributed by atoms with van der Waals surface area (Å²) in [6.45, 7) is 5.97. The van der Waals surface area contributed by atoms with Gasteiger partial charge in [-0.3, -0.25) is 14.3 Å². The van der Waals surface area contributed by atoms with Crippen molar-refractivity contribution in [1.29, 1.82) is 5.26 Å². The topological polar surface area (TPSA) is 83.1 Å². The molecule has 3 aromatic rings. The van der Waals surface area contributed by atoms with Crippen LogP contribution in [0.5, 0.6) is 0 Å². The van der Waals surface area contributed by atoms with Crippen molar-refractivity contribution in [2.75, 3.05) is 17.3 Å². The molecule has 34 heavy (non-hydrogen) atoms. The number of carbonyl (C=O) groups is 1. The Labute approximate surface area is 198 Å². The fourth-order valence-electron chi connectivity index (χ4n) is 4.52. The molecule has 7 heteroatoms. The van der Waals surface area contributed by atoms with Crippen LogP contribution in [0.3, 0.4) is 0 Å². The number of benzene rings is 2. The Hall–Kier alpha value is -4.31. The molecule has 0 unspecified atom stereocenters. The molecule has 7 nitrogen and oxygen atoms in total. The lowest BCUT2D eigenvalue weighted by Gasteiger charge is -2.23. The third kappa shape index (κ3) is 3.63. The summed E-state index contributed by atoms with van der Waals surface area (Å²) >= 11 is 0. The molecule has 2 heterocycles. The Morgan fingerprint density at radius 3 is 2.35 bits per heavy atom. The van der Waals surface area contributed by atoms with Gasteiger partial charge in [0.25, 0.3) is 11.5 Å². The standard InChI is InChI=1S/C27H27N5O2/c1-18-24(26(34)32(31(18)5)20-11-7-6-8-12-20)29-25(33)19(17-28)15-16-23-27(2,3)21-13-9-10-14-22(21)30(23)4/h6-16H,1-5H3,(H,29,33)/b19-15+,23-16-. The van der Waals surface area contributed by atoms with Crippen LogP contribution in [0.1, 0.15) is 25.1 Å². The van der Waals surface area contributed by atoms with Crippen LogP contribution < -0.4 is 15.8 Å². The Bertz CT molecular complexity index is 1430. The highest BCUT2D eigenvalue weighted by Gasteiger charge is 2.37. The minimum absolute atomic E-state index is 0.0819. The van der Waals surface area contributed by atoms with Crippen LogP contribution in [0.2, 0.25) is 0 Å². The largest absolute Gasteiger partial charge is 0.347 e. The number of para-hydroxylation sites is 2. The Kier molecular flexibility index (Phi) is 5.76. The zero-order valence-corrected chi connectivity index (χ0v) is 20.0. The molecule has 2 aromatic carbocycles. The highest BCUT2D eigenvalue weighted by Crippen LogP contribution is 2.46. The van der Waals surface area contributed by atoms with Gasteiger partial charge in [0, 0.05) is 30.9 Å². The van der Waals surface area contributed by atoms with Crippen molar-refractivity contribution in [3.8, 4) is 11.8 Å². The van der Waals surface area contributed by atoms with Gasteiger partial charge in [0.05, 0.1) is 11.4 Å². The number of carbonyl (C=O) groups excluding carboxylic acids is 1. The molecule has 0 spiro atoms. The van der Waals surface area contributed by atoms with Gasteiger partial charge in [0.2, 0.25) is 0 Å². The van der Waals surface area contributed by atoms with E-state index in [9.17, 15) is 14.9 Å². The van der Waals surface area contributed by atoms with Crippen LogP contribution in [0.15, 0.2) is 82.8 Å². The van der Waals surface area contributed by atoms with Gasteiger partial charge >= 0.3 is 0 Å². The van der Waals surface area contributed by atoms with Crippen molar-refractivity contribution in [1.82, 2.24) is 9.36 Å². The predicted octanol–water partition coefficient (Wildman–Crippen LogP) is 4.18. The number of amides is 1. The van der Waals surface area contributed by atoms with E-state index in [1.807, 2.05) is 55.6 Å². The first kappa shape index (κ1) is 22.9. The molecule has 172 valence electrons. The molecule has 1 amide bonds. The van der Waals surface area contributed by atoms with E-state index in [0.717, 1.165) is 11.4 Å². The number of likely N-dealkylation sites (N-methyl/N-ethyl adjacent to an activating group) is 1. The second kappa shape index (κ2) is 8.56. The van der Waals surface area contributed by atoms with E-state index >= 15 is 0 Å². The summed E-state index contributed by atoms with van der Waals surface area (Å²) in [5.74, 6) is -0.624. The normalized spacial score (nSPS) is 15.8. The maximum atomic E-state index is 13.1. The minimum Gasteiger partial charge on any atom is -0.347 e. The first-order chi connectivity index (χ1) is 16.2. The van der Waals surface area contributed by atoms with Gasteiger partial charge in [0.15, 0.2) is 0 Å². The summed E-state index contributed by atoms with van der Waals surface area (Å²) in [5.41, 5.74) is 3.95. The van der Waals surface area contributed by atoms with Crippen molar-refractivity contribution in [2.45, 2.75) is 26.2 Å². The number of rotatable bonds is 4. The minimum atomic E-state index is -0.624. The van der Waals surface area contributed by atoms with Crippen LogP contribution in [0.4, 0.5) is 11.4 Å². The van der Waals surface area contributed by atoms with Crippen molar-refractivity contribution in [3.63, 3.8) is 0 Å². The number of hydrogen-bond donors (Lipinski definition) is 1. The van der Waals surface area contributed by atoms with Crippen LogP contribution in [-0.2, 0) is 17.3 Å². The number of allylic oxidation sites excluding steroid dienone is 3. The number of nitrogens with one attached hydrogen (secondary N) is 1. The van der Waals surface area contributed by atoms with E-state index in [0.29, 0.717) is 11.4 Å². The molecule has 1 N–H and O–H groups in total. The maximum absolute atomic E-state index is 13.1. The molecule has 0 bridgehead atoms. The van der Waals surface area contributed by atoms with E-state index in [1.54, 1.807) is 24.7 Å². The molecule has 0 saturated carbocycles. The molecular weight excluding hydrogens is 426 g/mol. The second-order valence-corrected chi connectivity index (χ2v) is 8.84. The number of fused-ring (bicyclic) bond motifs is 1. The van der Waals surface area contributed by atoms with Gasteiger partial charge in [-0.15, -0.1) is 0 Å². The first-order valence-corrected chi connectivity index (χ1v) is 11.0. The lowest BCUT2D eigenvalue weighted by atomic mass is 9.83. The van der Waals surface area contributed by atoms with Gasteiger partial charge in [-0.05, 0) is 42.8 Å². The Morgan fingerprint density at radius 2 is 1.71 bits per heavy atom. The average Bonchev–Trinajstić information content (AvgIpc) is 3.16. The van der Waals surface area contributed by atoms with Gasteiger partial charge in [-0.2, -0.15) is 5.26 Å². The van der Waals surface area contributed by atoms with Gasteiger partial charge in [-0.1, -0.05) is 50.2 Å². The van der Waals surface area contributed by atoms with E-state index in [-0.39, 0.29) is 22.2 Å². The van der Waals surface area contributed by atoms with Crippen LogP contribution in [0, 0.1) is 18.3 Å². The summed E-state index contributed by atoms with van der Waals surface area (Å²) in [6, 6.07) is 19.3. The van der Waals surface area contributed by atoms with Crippen molar-refractivity contribution in [3.05, 3.63) is 99.6 Å². The first-order valence-electron chi connectivity index (χ1n) is 11.0. The molecule has 0 radical (unpaired) electrons. The predicted molar refractivity (Wildman–Crippen MR) is 134 cm³/mol. The highest BCUT2D eigenvalue weighted by atomic mass is 16.2. The third-order valence-corrected chi connectivity index (χ3v) is 6.51. The smallest absolute Gasteiger partial charge is 0.295 e. The SMILES string of the molecule is Cc1c(NC(=O)/C(C#N)=C/C=C2\N(C)c3ccccc3C2(C)C)c(=O)n(-c2ccccc2)n1C.